The molecule has 1 aliphatic rings. The summed E-state index contributed by atoms with van der Waals surface area (Å²) >= 11 is 3.36. The Morgan fingerprint density at radius 2 is 0.947 bits per heavy atom. The summed E-state index contributed by atoms with van der Waals surface area (Å²) in [5.41, 5.74) is 10.6. The minimum absolute atomic E-state index is 0.142. The number of nitrogens with one attached hydrogen (secondary N) is 2. The van der Waals surface area contributed by atoms with Crippen molar-refractivity contribution in [2.24, 2.45) is 0 Å². The number of carbonyl (C=O) groups excluding carboxylic acids is 2. The summed E-state index contributed by atoms with van der Waals surface area (Å²) in [6, 6.07) is 54.2. The first-order chi connectivity index (χ1) is 44.6. The standard InChI is InChI=1S/C33H27FN2O5S.C20H22BNO2.C19H17BrFNO5S/c1-4-40-33(37)31-26-18-25(21-9-7-10-22(16-21)28-17-23-8-5-6-11-27(23)35-28)29(36(2)42(3,38)39)19-30(26)41-32(31)20-12-14-24(34)15-13-20;1-19(2)20(3,4)24-21(23-19)16-10-7-9-14(12-16)18-13-15-8-5-6-11-17(15)22-18;1-4-26-19(23)17-13-9-14(20)15(22(2)28(3,24)25)10-16(13)27-18(17)11-5-7-12(21)8-6-11/h5-19,35H,4H2,1-3H3;5-13,22H,1-4H3;5-10H,4H2,1-3H3. The number of sulfonamides is 2. The maximum atomic E-state index is 13.7. The van der Waals surface area contributed by atoms with Crippen LogP contribution in [0.15, 0.2) is 195 Å². The molecule has 0 radical (unpaired) electrons. The lowest BCUT2D eigenvalue weighted by atomic mass is 9.78. The monoisotopic (exact) mass is 1370 g/mol. The Hall–Kier alpha value is -9.32. The first kappa shape index (κ1) is 66.2. The number of aromatic nitrogens is 2. The number of para-hydroxylation sites is 2. The zero-order valence-corrected chi connectivity index (χ0v) is 56.3. The Balaban J connectivity index is 0.000000151. The van der Waals surface area contributed by atoms with Gasteiger partial charge >= 0.3 is 19.1 Å². The highest BCUT2D eigenvalue weighted by Crippen LogP contribution is 2.44. The number of halogens is 3. The van der Waals surface area contributed by atoms with E-state index in [9.17, 15) is 35.2 Å². The van der Waals surface area contributed by atoms with Gasteiger partial charge in [0.2, 0.25) is 20.0 Å². The summed E-state index contributed by atoms with van der Waals surface area (Å²) in [5, 5.41) is 3.19. The molecule has 0 aliphatic carbocycles. The summed E-state index contributed by atoms with van der Waals surface area (Å²) < 4.78 is 114. The second-order valence-corrected chi connectivity index (χ2v) is 28.4. The zero-order valence-electron chi connectivity index (χ0n) is 53.1. The number of aromatic amines is 2. The number of fused-ring (bicyclic) bond motifs is 4. The van der Waals surface area contributed by atoms with Crippen molar-refractivity contribution in [1.29, 1.82) is 0 Å². The van der Waals surface area contributed by atoms with Crippen molar-refractivity contribution in [1.82, 2.24) is 9.97 Å². The third kappa shape index (κ3) is 13.6. The number of furan rings is 2. The molecule has 1 aliphatic heterocycles. The predicted octanol–water partition coefficient (Wildman–Crippen LogP) is 16.3. The van der Waals surface area contributed by atoms with Gasteiger partial charge in [-0.1, -0.05) is 78.9 Å². The van der Waals surface area contributed by atoms with Gasteiger partial charge in [0.15, 0.2) is 0 Å². The van der Waals surface area contributed by atoms with Gasteiger partial charge in [0.1, 0.15) is 45.4 Å². The average molecular weight is 1370 g/mol. The molecule has 482 valence electrons. The van der Waals surface area contributed by atoms with Crippen LogP contribution in [0.4, 0.5) is 20.2 Å². The molecule has 2 N–H and O–H groups in total. The van der Waals surface area contributed by atoms with Crippen molar-refractivity contribution >= 4 is 116 Å². The number of nitrogens with zero attached hydrogens (tertiary/aromatic N) is 2. The Labute approximate surface area is 551 Å². The van der Waals surface area contributed by atoms with Gasteiger partial charge in [-0.15, -0.1) is 0 Å². The van der Waals surface area contributed by atoms with Crippen LogP contribution in [0.25, 0.3) is 100 Å². The molecule has 0 spiro atoms. The van der Waals surface area contributed by atoms with Gasteiger partial charge in [0.25, 0.3) is 0 Å². The number of carbonyl (C=O) groups is 2. The molecule has 0 saturated carbocycles. The van der Waals surface area contributed by atoms with Crippen LogP contribution in [0.5, 0.6) is 0 Å². The molecule has 94 heavy (non-hydrogen) atoms. The summed E-state index contributed by atoms with van der Waals surface area (Å²) in [7, 11) is -4.62. The molecule has 1 saturated heterocycles. The zero-order chi connectivity index (χ0) is 67.2. The Morgan fingerprint density at radius 1 is 0.521 bits per heavy atom. The van der Waals surface area contributed by atoms with E-state index in [1.165, 1.54) is 78.4 Å². The van der Waals surface area contributed by atoms with Crippen LogP contribution >= 0.6 is 15.9 Å². The van der Waals surface area contributed by atoms with Crippen LogP contribution in [-0.4, -0.2) is 96.9 Å². The molecule has 0 unspecified atom stereocenters. The van der Waals surface area contributed by atoms with E-state index in [1.807, 2.05) is 54.6 Å². The molecule has 1 fully saturated rings. The normalized spacial score (nSPS) is 13.6. The van der Waals surface area contributed by atoms with Gasteiger partial charge in [-0.2, -0.15) is 0 Å². The second kappa shape index (κ2) is 26.2. The highest BCUT2D eigenvalue weighted by Gasteiger charge is 2.51. The van der Waals surface area contributed by atoms with E-state index >= 15 is 0 Å². The molecule has 22 heteroatoms. The largest absolute Gasteiger partial charge is 0.494 e. The van der Waals surface area contributed by atoms with Crippen molar-refractivity contribution in [3.05, 3.63) is 209 Å². The molecular formula is C72H66BBrF2N4O12S2. The van der Waals surface area contributed by atoms with E-state index < -0.39 is 43.6 Å². The maximum Gasteiger partial charge on any atom is 0.494 e. The number of hydrogen-bond acceptors (Lipinski definition) is 12. The van der Waals surface area contributed by atoms with E-state index in [4.69, 9.17) is 27.6 Å². The lowest BCUT2D eigenvalue weighted by Crippen LogP contribution is -2.41. The number of anilines is 2. The number of benzene rings is 8. The summed E-state index contributed by atoms with van der Waals surface area (Å²) in [5.74, 6) is -1.60. The van der Waals surface area contributed by atoms with E-state index in [0.717, 1.165) is 66.8 Å². The van der Waals surface area contributed by atoms with Crippen molar-refractivity contribution in [3.8, 4) is 56.3 Å². The minimum Gasteiger partial charge on any atom is -0.462 e. The smallest absolute Gasteiger partial charge is 0.462 e. The average Bonchev–Trinajstić information content (AvgIpc) is 1.56. The van der Waals surface area contributed by atoms with E-state index in [-0.39, 0.29) is 54.2 Å². The Morgan fingerprint density at radius 3 is 1.41 bits per heavy atom. The minimum atomic E-state index is -3.67. The van der Waals surface area contributed by atoms with Crippen LogP contribution in [0, 0.1) is 11.6 Å². The Bertz CT molecular complexity index is 5020. The topological polar surface area (TPSA) is 204 Å². The molecule has 0 amide bonds. The molecule has 13 rings (SSSR count). The van der Waals surface area contributed by atoms with Gasteiger partial charge in [-0.25, -0.2) is 35.2 Å². The van der Waals surface area contributed by atoms with Crippen molar-refractivity contribution in [2.45, 2.75) is 52.7 Å². The molecule has 8 aromatic carbocycles. The van der Waals surface area contributed by atoms with Gasteiger partial charge < -0.3 is 37.6 Å². The first-order valence-electron chi connectivity index (χ1n) is 30.0. The van der Waals surface area contributed by atoms with E-state index in [2.05, 4.69) is 108 Å². The fourth-order valence-corrected chi connectivity index (χ4v) is 12.6. The quantitative estimate of drug-likeness (QED) is 0.0771. The third-order valence-corrected chi connectivity index (χ3v) is 19.7. The second-order valence-electron chi connectivity index (χ2n) is 23.5. The van der Waals surface area contributed by atoms with Crippen molar-refractivity contribution in [2.75, 3.05) is 48.4 Å². The van der Waals surface area contributed by atoms with Crippen molar-refractivity contribution in [3.63, 3.8) is 0 Å². The number of hydrogen-bond donors (Lipinski definition) is 2. The number of ether oxygens (including phenoxy) is 2. The van der Waals surface area contributed by atoms with Crippen LogP contribution in [0.1, 0.15) is 62.3 Å². The number of esters is 2. The highest BCUT2D eigenvalue weighted by molar-refractivity contribution is 9.10. The van der Waals surface area contributed by atoms with Gasteiger partial charge in [0, 0.05) is 91.4 Å². The highest BCUT2D eigenvalue weighted by atomic mass is 79.9. The molecule has 0 atom stereocenters. The van der Waals surface area contributed by atoms with E-state index in [0.29, 0.717) is 54.5 Å². The van der Waals surface area contributed by atoms with E-state index in [1.54, 1.807) is 32.0 Å². The fourth-order valence-electron chi connectivity index (χ4n) is 10.9. The first-order valence-corrected chi connectivity index (χ1v) is 34.4. The van der Waals surface area contributed by atoms with Gasteiger partial charge in [-0.3, -0.25) is 8.61 Å². The third-order valence-electron chi connectivity index (χ3n) is 16.7. The SMILES string of the molecule is CC1(C)OB(c2cccc(-c3cc4ccccc4[nH]3)c2)OC1(C)C.CCOC(=O)c1c(-c2ccc(F)cc2)oc2cc(N(C)S(C)(=O)=O)c(-c3cccc(-c4cc5ccccc5[nH]4)c3)cc12.CCOC(=O)c1c(-c2ccc(F)cc2)oc2cc(N(C)S(C)(=O)=O)c(Br)cc12. The molecule has 0 bridgehead atoms. The molecule has 4 aromatic heterocycles. The van der Waals surface area contributed by atoms with Crippen LogP contribution in [-0.2, 0) is 38.8 Å². The van der Waals surface area contributed by atoms with Gasteiger partial charge in [0.05, 0.1) is 48.3 Å². The predicted molar refractivity (Wildman–Crippen MR) is 372 cm³/mol. The number of H-pyrrole nitrogens is 2. The lowest BCUT2D eigenvalue weighted by Gasteiger charge is -2.32. The van der Waals surface area contributed by atoms with Gasteiger partial charge in [-0.05, 0) is 171 Å². The molecule has 5 heterocycles. The molecular weight excluding hydrogens is 1310 g/mol. The summed E-state index contributed by atoms with van der Waals surface area (Å²) in [6.07, 6.45) is 2.21. The molecule has 12 aromatic rings. The number of rotatable bonds is 14. The summed E-state index contributed by atoms with van der Waals surface area (Å²) in [4.78, 5) is 32.8. The summed E-state index contributed by atoms with van der Waals surface area (Å²) in [6.45, 7) is 12.0. The van der Waals surface area contributed by atoms with Crippen LogP contribution in [0.2, 0.25) is 0 Å². The lowest BCUT2D eigenvalue weighted by molar-refractivity contribution is 0.00578. The fraction of sp³-hybridized carbons (Fsp3) is 0.194. The van der Waals surface area contributed by atoms with Crippen LogP contribution < -0.4 is 14.1 Å². The Kier molecular flexibility index (Phi) is 18.5. The van der Waals surface area contributed by atoms with Crippen molar-refractivity contribution < 1.29 is 62.8 Å². The molecule has 16 nitrogen and oxygen atoms in total. The van der Waals surface area contributed by atoms with Crippen LogP contribution in [0.3, 0.4) is 0 Å². The maximum absolute atomic E-state index is 13.7.